The van der Waals surface area contributed by atoms with Crippen molar-refractivity contribution in [3.8, 4) is 0 Å². The lowest BCUT2D eigenvalue weighted by atomic mass is 9.93. The number of hydrogen-bond acceptors (Lipinski definition) is 3. The lowest BCUT2D eigenvalue weighted by molar-refractivity contribution is 0.156. The highest BCUT2D eigenvalue weighted by Gasteiger charge is 2.37. The number of fused-ring (bicyclic) bond motifs is 2. The van der Waals surface area contributed by atoms with Crippen LogP contribution in [0.25, 0.3) is 0 Å². The van der Waals surface area contributed by atoms with Crippen LogP contribution in [0.1, 0.15) is 26.2 Å². The Labute approximate surface area is 122 Å². The van der Waals surface area contributed by atoms with E-state index in [9.17, 15) is 8.42 Å². The van der Waals surface area contributed by atoms with E-state index in [0.717, 1.165) is 37.4 Å². The summed E-state index contributed by atoms with van der Waals surface area (Å²) in [7, 11) is -3.00. The molecule has 0 spiro atoms. The fourth-order valence-corrected chi connectivity index (χ4v) is 5.51. The summed E-state index contributed by atoms with van der Waals surface area (Å²) in [6, 6.07) is 0. The Hall–Kier alpha value is -0.390. The molecular weight excluding hydrogens is 272 g/mol. The van der Waals surface area contributed by atoms with Gasteiger partial charge in [-0.15, -0.1) is 0 Å². The van der Waals surface area contributed by atoms with Gasteiger partial charge in [-0.1, -0.05) is 19.1 Å². The van der Waals surface area contributed by atoms with E-state index in [4.69, 9.17) is 0 Å². The molecule has 5 heteroatoms. The summed E-state index contributed by atoms with van der Waals surface area (Å²) in [4.78, 5) is 2.47. The number of nitrogens with zero attached hydrogens (tertiary/aromatic N) is 2. The van der Waals surface area contributed by atoms with Crippen molar-refractivity contribution in [3.63, 3.8) is 0 Å². The maximum Gasteiger partial charge on any atom is 0.214 e. The molecule has 0 amide bonds. The Balaban J connectivity index is 1.48. The molecule has 20 heavy (non-hydrogen) atoms. The number of piperazine rings is 1. The highest BCUT2D eigenvalue weighted by Crippen LogP contribution is 2.43. The van der Waals surface area contributed by atoms with Gasteiger partial charge in [0.15, 0.2) is 0 Å². The number of sulfonamides is 1. The van der Waals surface area contributed by atoms with Crippen LogP contribution in [0.15, 0.2) is 12.2 Å². The van der Waals surface area contributed by atoms with Gasteiger partial charge in [0.05, 0.1) is 5.75 Å². The molecule has 2 bridgehead atoms. The largest absolute Gasteiger partial charge is 0.300 e. The van der Waals surface area contributed by atoms with E-state index in [2.05, 4.69) is 17.1 Å². The van der Waals surface area contributed by atoms with Gasteiger partial charge < -0.3 is 4.90 Å². The first-order valence-electron chi connectivity index (χ1n) is 7.97. The van der Waals surface area contributed by atoms with Crippen molar-refractivity contribution in [3.05, 3.63) is 12.2 Å². The molecule has 0 aromatic rings. The molecule has 1 saturated carbocycles. The molecule has 0 aromatic carbocycles. The molecule has 114 valence electrons. The molecule has 0 aromatic heterocycles. The van der Waals surface area contributed by atoms with Gasteiger partial charge in [-0.25, -0.2) is 8.42 Å². The van der Waals surface area contributed by atoms with Crippen LogP contribution in [0.2, 0.25) is 0 Å². The maximum absolute atomic E-state index is 12.0. The standard InChI is InChI=1S/C15H26N2O2S/c1-2-9-20(18,19)17-7-5-16(6-8-17)12-15-11-13-3-4-14(15)10-13/h3-4,13-15H,2,5-12H2,1H3/t13-,14-,15+/m0/s1. The summed E-state index contributed by atoms with van der Waals surface area (Å²) in [5.74, 6) is 2.73. The van der Waals surface area contributed by atoms with Crippen molar-refractivity contribution >= 4 is 10.0 Å². The molecule has 3 aliphatic rings. The topological polar surface area (TPSA) is 40.6 Å². The van der Waals surface area contributed by atoms with Crippen molar-refractivity contribution in [2.75, 3.05) is 38.5 Å². The van der Waals surface area contributed by atoms with Gasteiger partial charge in [0.1, 0.15) is 0 Å². The van der Waals surface area contributed by atoms with Gasteiger partial charge in [-0.05, 0) is 37.0 Å². The average molecular weight is 298 g/mol. The second-order valence-electron chi connectivity index (χ2n) is 6.56. The number of hydrogen-bond donors (Lipinski definition) is 0. The first-order valence-corrected chi connectivity index (χ1v) is 9.58. The van der Waals surface area contributed by atoms with Crippen molar-refractivity contribution in [2.45, 2.75) is 26.2 Å². The van der Waals surface area contributed by atoms with Crippen LogP contribution in [0, 0.1) is 17.8 Å². The molecule has 1 aliphatic heterocycles. The fraction of sp³-hybridized carbons (Fsp3) is 0.867. The molecule has 3 atom stereocenters. The minimum Gasteiger partial charge on any atom is -0.300 e. The van der Waals surface area contributed by atoms with Crippen LogP contribution in [0.5, 0.6) is 0 Å². The second-order valence-corrected chi connectivity index (χ2v) is 8.64. The SMILES string of the molecule is CCCS(=O)(=O)N1CCN(C[C@H]2C[C@H]3C=C[C@H]2C3)CC1. The molecule has 4 nitrogen and oxygen atoms in total. The summed E-state index contributed by atoms with van der Waals surface area (Å²) in [5.41, 5.74) is 0. The zero-order chi connectivity index (χ0) is 14.2. The molecule has 2 fully saturated rings. The van der Waals surface area contributed by atoms with Gasteiger partial charge in [-0.3, -0.25) is 0 Å². The summed E-state index contributed by atoms with van der Waals surface area (Å²) in [5, 5.41) is 0. The van der Waals surface area contributed by atoms with Crippen LogP contribution in [0.4, 0.5) is 0 Å². The molecule has 0 unspecified atom stereocenters. The lowest BCUT2D eigenvalue weighted by Crippen LogP contribution is -2.50. The van der Waals surface area contributed by atoms with Gasteiger partial charge in [0.25, 0.3) is 0 Å². The van der Waals surface area contributed by atoms with E-state index >= 15 is 0 Å². The van der Waals surface area contributed by atoms with E-state index in [-0.39, 0.29) is 0 Å². The van der Waals surface area contributed by atoms with Crippen molar-refractivity contribution in [2.24, 2.45) is 17.8 Å². The fourth-order valence-electron chi connectivity index (χ4n) is 4.01. The Morgan fingerprint density at radius 3 is 2.40 bits per heavy atom. The van der Waals surface area contributed by atoms with Crippen molar-refractivity contribution in [1.82, 2.24) is 9.21 Å². The second kappa shape index (κ2) is 5.78. The number of rotatable bonds is 5. The van der Waals surface area contributed by atoms with E-state index in [1.807, 2.05) is 6.92 Å². The lowest BCUT2D eigenvalue weighted by Gasteiger charge is -2.36. The molecule has 3 rings (SSSR count). The van der Waals surface area contributed by atoms with E-state index in [0.29, 0.717) is 25.3 Å². The highest BCUT2D eigenvalue weighted by molar-refractivity contribution is 7.89. The third-order valence-corrected chi connectivity index (χ3v) is 7.17. The van der Waals surface area contributed by atoms with Crippen molar-refractivity contribution in [1.29, 1.82) is 0 Å². The molecule has 1 saturated heterocycles. The monoisotopic (exact) mass is 298 g/mol. The minimum atomic E-state index is -3.00. The maximum atomic E-state index is 12.0. The molecular formula is C15H26N2O2S. The molecule has 2 aliphatic carbocycles. The third kappa shape index (κ3) is 2.95. The molecule has 0 radical (unpaired) electrons. The zero-order valence-corrected chi connectivity index (χ0v) is 13.2. The zero-order valence-electron chi connectivity index (χ0n) is 12.4. The van der Waals surface area contributed by atoms with E-state index in [1.54, 1.807) is 4.31 Å². The summed E-state index contributed by atoms with van der Waals surface area (Å²) in [6.07, 6.45) is 8.20. The average Bonchev–Trinajstić information content (AvgIpc) is 3.01. The summed E-state index contributed by atoms with van der Waals surface area (Å²) < 4.78 is 25.8. The number of allylic oxidation sites excluding steroid dienone is 2. The Morgan fingerprint density at radius 1 is 1.10 bits per heavy atom. The Kier molecular flexibility index (Phi) is 4.20. The quantitative estimate of drug-likeness (QED) is 0.723. The van der Waals surface area contributed by atoms with E-state index in [1.165, 1.54) is 12.8 Å². The normalized spacial score (nSPS) is 35.0. The van der Waals surface area contributed by atoms with Crippen LogP contribution < -0.4 is 0 Å². The molecule has 1 heterocycles. The first-order chi connectivity index (χ1) is 9.58. The summed E-state index contributed by atoms with van der Waals surface area (Å²) >= 11 is 0. The van der Waals surface area contributed by atoms with Crippen LogP contribution >= 0.6 is 0 Å². The van der Waals surface area contributed by atoms with Crippen LogP contribution in [0.3, 0.4) is 0 Å². The smallest absolute Gasteiger partial charge is 0.214 e. The van der Waals surface area contributed by atoms with Gasteiger partial charge >= 0.3 is 0 Å². The van der Waals surface area contributed by atoms with Gasteiger partial charge in [0.2, 0.25) is 10.0 Å². The Morgan fingerprint density at radius 2 is 1.85 bits per heavy atom. The third-order valence-electron chi connectivity index (χ3n) is 5.10. The van der Waals surface area contributed by atoms with Crippen LogP contribution in [-0.2, 0) is 10.0 Å². The summed E-state index contributed by atoms with van der Waals surface area (Å²) in [6.45, 7) is 6.25. The van der Waals surface area contributed by atoms with Gasteiger partial charge in [-0.2, -0.15) is 4.31 Å². The van der Waals surface area contributed by atoms with E-state index < -0.39 is 10.0 Å². The van der Waals surface area contributed by atoms with Crippen molar-refractivity contribution < 1.29 is 8.42 Å². The predicted octanol–water partition coefficient (Wildman–Crippen LogP) is 1.56. The van der Waals surface area contributed by atoms with Crippen LogP contribution in [-0.4, -0.2) is 56.1 Å². The molecule has 0 N–H and O–H groups in total. The predicted molar refractivity (Wildman–Crippen MR) is 80.9 cm³/mol. The minimum absolute atomic E-state index is 0.296. The highest BCUT2D eigenvalue weighted by atomic mass is 32.2. The Bertz CT molecular complexity index is 466. The van der Waals surface area contributed by atoms with Gasteiger partial charge in [0, 0.05) is 32.7 Å². The first kappa shape index (κ1) is 14.5.